The molecule has 0 radical (unpaired) electrons. The maximum atomic E-state index is 12.5. The van der Waals surface area contributed by atoms with Crippen molar-refractivity contribution in [3.05, 3.63) is 58.7 Å². The second kappa shape index (κ2) is 6.91. The fourth-order valence-corrected chi connectivity index (χ4v) is 3.72. The average molecular weight is 364 g/mol. The first-order valence-electron chi connectivity index (χ1n) is 7.86. The van der Waals surface area contributed by atoms with E-state index in [0.29, 0.717) is 25.1 Å². The zero-order valence-electron chi connectivity index (χ0n) is 13.7. The molecule has 1 unspecified atom stereocenters. The minimum atomic E-state index is -4.03. The van der Waals surface area contributed by atoms with Crippen LogP contribution in [-0.2, 0) is 10.1 Å². The van der Waals surface area contributed by atoms with Gasteiger partial charge in [-0.05, 0) is 42.8 Å². The molecule has 0 aromatic heterocycles. The van der Waals surface area contributed by atoms with Crippen molar-refractivity contribution in [2.45, 2.75) is 19.7 Å². The molecule has 134 valence electrons. The van der Waals surface area contributed by atoms with Crippen molar-refractivity contribution in [1.82, 2.24) is 10.2 Å². The number of hydrogen-bond acceptors (Lipinski definition) is 7. The van der Waals surface area contributed by atoms with E-state index in [9.17, 15) is 18.6 Å². The van der Waals surface area contributed by atoms with E-state index in [1.165, 1.54) is 30.4 Å². The molecule has 1 aromatic rings. The van der Waals surface area contributed by atoms with Gasteiger partial charge in [-0.2, -0.15) is 8.42 Å². The number of rotatable bonds is 4. The van der Waals surface area contributed by atoms with E-state index in [0.717, 1.165) is 5.70 Å². The van der Waals surface area contributed by atoms with Crippen molar-refractivity contribution in [3.63, 3.8) is 0 Å². The zero-order valence-corrected chi connectivity index (χ0v) is 14.5. The Morgan fingerprint density at radius 3 is 2.76 bits per heavy atom. The third-order valence-corrected chi connectivity index (χ3v) is 5.18. The lowest BCUT2D eigenvalue weighted by atomic mass is 10.2. The molecule has 1 fully saturated rings. The van der Waals surface area contributed by atoms with Gasteiger partial charge in [0.2, 0.25) is 0 Å². The van der Waals surface area contributed by atoms with Gasteiger partial charge in [0.25, 0.3) is 0 Å². The molecule has 3 rings (SSSR count). The summed E-state index contributed by atoms with van der Waals surface area (Å²) >= 11 is 0. The predicted molar refractivity (Wildman–Crippen MR) is 93.0 cm³/mol. The molecule has 1 aliphatic heterocycles. The quantitative estimate of drug-likeness (QED) is 0.693. The highest BCUT2D eigenvalue weighted by Crippen LogP contribution is 2.26. The third-order valence-electron chi connectivity index (χ3n) is 3.92. The number of aliphatic hydroxyl groups excluding tert-OH is 1. The van der Waals surface area contributed by atoms with Crippen LogP contribution in [0.4, 0.5) is 0 Å². The molecule has 25 heavy (non-hydrogen) atoms. The molecule has 1 saturated heterocycles. The van der Waals surface area contributed by atoms with Crippen LogP contribution in [0.3, 0.4) is 0 Å². The van der Waals surface area contributed by atoms with E-state index in [-0.39, 0.29) is 16.4 Å². The SMILES string of the molecule is Cc1cc(O)cc(OS(=O)(=O)C2=CC=C(N3CCNC3O)CC=C2)c1. The van der Waals surface area contributed by atoms with Gasteiger partial charge in [-0.3, -0.25) is 5.32 Å². The molecule has 1 atom stereocenters. The summed E-state index contributed by atoms with van der Waals surface area (Å²) in [6, 6.07) is 4.29. The molecule has 0 saturated carbocycles. The standard InChI is InChI=1S/C17H20N2O5S/c1-12-9-14(20)11-15(10-12)24-25(22,23)16-4-2-3-13(5-6-16)19-8-7-18-17(19)21/h2,4-6,9-11,17-18,20-21H,3,7-8H2,1H3. The Balaban J connectivity index is 1.84. The van der Waals surface area contributed by atoms with Crippen LogP contribution in [-0.4, -0.2) is 43.0 Å². The summed E-state index contributed by atoms with van der Waals surface area (Å²) in [6.07, 6.45) is 6.04. The lowest BCUT2D eigenvalue weighted by Gasteiger charge is -2.23. The number of benzene rings is 1. The Morgan fingerprint density at radius 2 is 2.08 bits per heavy atom. The van der Waals surface area contributed by atoms with Crippen molar-refractivity contribution >= 4 is 10.1 Å². The molecule has 1 aromatic carbocycles. The summed E-state index contributed by atoms with van der Waals surface area (Å²) in [5.41, 5.74) is 1.50. The first-order valence-corrected chi connectivity index (χ1v) is 9.27. The zero-order chi connectivity index (χ0) is 18.0. The lowest BCUT2D eigenvalue weighted by molar-refractivity contribution is 0.0439. The van der Waals surface area contributed by atoms with Crippen LogP contribution in [0, 0.1) is 6.92 Å². The van der Waals surface area contributed by atoms with Gasteiger partial charge in [0, 0.05) is 31.3 Å². The van der Waals surface area contributed by atoms with E-state index < -0.39 is 16.5 Å². The molecule has 0 bridgehead atoms. The van der Waals surface area contributed by atoms with Gasteiger partial charge in [-0.1, -0.05) is 6.08 Å². The Kier molecular flexibility index (Phi) is 4.85. The summed E-state index contributed by atoms with van der Waals surface area (Å²) in [5, 5.41) is 22.3. The summed E-state index contributed by atoms with van der Waals surface area (Å²) in [4.78, 5) is 1.78. The summed E-state index contributed by atoms with van der Waals surface area (Å²) in [6.45, 7) is 3.04. The predicted octanol–water partition coefficient (Wildman–Crippen LogP) is 1.32. The van der Waals surface area contributed by atoms with E-state index >= 15 is 0 Å². The van der Waals surface area contributed by atoms with Crippen LogP contribution in [0.15, 0.2) is 53.1 Å². The molecule has 3 N–H and O–H groups in total. The fourth-order valence-electron chi connectivity index (χ4n) is 2.78. The largest absolute Gasteiger partial charge is 0.508 e. The lowest BCUT2D eigenvalue weighted by Crippen LogP contribution is -2.34. The number of aromatic hydroxyl groups is 1. The van der Waals surface area contributed by atoms with Crippen molar-refractivity contribution in [1.29, 1.82) is 0 Å². The Bertz CT molecular complexity index is 838. The van der Waals surface area contributed by atoms with Gasteiger partial charge in [0.05, 0.1) is 0 Å². The summed E-state index contributed by atoms with van der Waals surface area (Å²) in [5.74, 6) is -0.00675. The Labute approximate surface area is 146 Å². The van der Waals surface area contributed by atoms with Crippen LogP contribution < -0.4 is 9.50 Å². The first-order chi connectivity index (χ1) is 11.8. The topological polar surface area (TPSA) is 99.1 Å². The molecule has 1 aliphatic carbocycles. The van der Waals surface area contributed by atoms with E-state index in [2.05, 4.69) is 5.32 Å². The van der Waals surface area contributed by atoms with E-state index in [1.807, 2.05) is 0 Å². The third kappa shape index (κ3) is 4.04. The van der Waals surface area contributed by atoms with Crippen LogP contribution in [0.5, 0.6) is 11.5 Å². The summed E-state index contributed by atoms with van der Waals surface area (Å²) < 4.78 is 30.1. The van der Waals surface area contributed by atoms with Crippen molar-refractivity contribution in [3.8, 4) is 11.5 Å². The van der Waals surface area contributed by atoms with Crippen molar-refractivity contribution in [2.75, 3.05) is 13.1 Å². The molecular formula is C17H20N2O5S. The minimum Gasteiger partial charge on any atom is -0.508 e. The maximum absolute atomic E-state index is 12.5. The molecule has 2 aliphatic rings. The number of aliphatic hydroxyl groups is 1. The van der Waals surface area contributed by atoms with Gasteiger partial charge in [-0.25, -0.2) is 0 Å². The van der Waals surface area contributed by atoms with Crippen molar-refractivity contribution < 1.29 is 22.8 Å². The highest BCUT2D eigenvalue weighted by Gasteiger charge is 2.24. The number of phenolic OH excluding ortho intramolecular Hbond substituents is 1. The second-order valence-corrected chi connectivity index (χ2v) is 7.44. The molecule has 1 heterocycles. The van der Waals surface area contributed by atoms with Crippen LogP contribution in [0.1, 0.15) is 12.0 Å². The highest BCUT2D eigenvalue weighted by molar-refractivity contribution is 7.91. The molecule has 8 heteroatoms. The maximum Gasteiger partial charge on any atom is 0.339 e. The van der Waals surface area contributed by atoms with Crippen LogP contribution >= 0.6 is 0 Å². The molecule has 0 spiro atoms. The number of nitrogens with one attached hydrogen (secondary N) is 1. The molecule has 7 nitrogen and oxygen atoms in total. The second-order valence-electron chi connectivity index (χ2n) is 5.90. The van der Waals surface area contributed by atoms with E-state index in [4.69, 9.17) is 4.18 Å². The van der Waals surface area contributed by atoms with Gasteiger partial charge < -0.3 is 19.3 Å². The van der Waals surface area contributed by atoms with Gasteiger partial charge in [-0.15, -0.1) is 0 Å². The van der Waals surface area contributed by atoms with Crippen molar-refractivity contribution in [2.24, 2.45) is 0 Å². The number of allylic oxidation sites excluding steroid dienone is 4. The highest BCUT2D eigenvalue weighted by atomic mass is 32.2. The van der Waals surface area contributed by atoms with Gasteiger partial charge >= 0.3 is 10.1 Å². The van der Waals surface area contributed by atoms with Gasteiger partial charge in [0.15, 0.2) is 6.35 Å². The average Bonchev–Trinajstić information content (AvgIpc) is 2.79. The molecule has 0 amide bonds. The first kappa shape index (κ1) is 17.5. The van der Waals surface area contributed by atoms with E-state index in [1.54, 1.807) is 24.0 Å². The minimum absolute atomic E-state index is 0.00476. The van der Waals surface area contributed by atoms with Crippen LogP contribution in [0.2, 0.25) is 0 Å². The number of aryl methyl sites for hydroxylation is 1. The Morgan fingerprint density at radius 1 is 1.28 bits per heavy atom. The molecular weight excluding hydrogens is 344 g/mol. The number of phenols is 1. The summed E-state index contributed by atoms with van der Waals surface area (Å²) in [7, 11) is -4.03. The Hall–Kier alpha value is -2.29. The monoisotopic (exact) mass is 364 g/mol. The number of hydrogen-bond donors (Lipinski definition) is 3. The van der Waals surface area contributed by atoms with Crippen LogP contribution in [0.25, 0.3) is 0 Å². The van der Waals surface area contributed by atoms with Gasteiger partial charge in [0.1, 0.15) is 16.4 Å². The number of nitrogens with zero attached hydrogens (tertiary/aromatic N) is 1. The normalized spacial score (nSPS) is 20.9. The fraction of sp³-hybridized carbons (Fsp3) is 0.294. The smallest absolute Gasteiger partial charge is 0.339 e.